The fraction of sp³-hybridized carbons (Fsp3) is 0.529. The van der Waals surface area contributed by atoms with Crippen LogP contribution >= 0.6 is 0 Å². The minimum absolute atomic E-state index is 0.00916. The Kier molecular flexibility index (Phi) is 5.59. The summed E-state index contributed by atoms with van der Waals surface area (Å²) in [5.41, 5.74) is 0.0777. The van der Waals surface area contributed by atoms with E-state index >= 15 is 0 Å². The molecule has 1 aliphatic carbocycles. The Bertz CT molecular complexity index is 782. The van der Waals surface area contributed by atoms with Crippen LogP contribution in [0.1, 0.15) is 23.2 Å². The first kappa shape index (κ1) is 18.8. The number of morpholine rings is 1. The maximum atomic E-state index is 12.7. The van der Waals surface area contributed by atoms with Crippen LogP contribution in [0.5, 0.6) is 0 Å². The van der Waals surface area contributed by atoms with Gasteiger partial charge < -0.3 is 14.2 Å². The van der Waals surface area contributed by atoms with Gasteiger partial charge in [0, 0.05) is 19.0 Å². The third-order valence-electron chi connectivity index (χ3n) is 4.40. The maximum Gasteiger partial charge on any atom is 0.347 e. The van der Waals surface area contributed by atoms with E-state index in [1.807, 2.05) is 0 Å². The molecule has 0 unspecified atom stereocenters. The molecule has 0 aromatic heterocycles. The molecule has 0 radical (unpaired) electrons. The molecular weight excluding hydrogens is 362 g/mol. The Hall–Kier alpha value is -1.97. The van der Waals surface area contributed by atoms with E-state index in [1.165, 1.54) is 35.7 Å². The van der Waals surface area contributed by atoms with Crippen molar-refractivity contribution >= 4 is 22.0 Å². The van der Waals surface area contributed by atoms with E-state index in [0.29, 0.717) is 13.2 Å². The molecule has 1 aromatic rings. The van der Waals surface area contributed by atoms with Gasteiger partial charge in [-0.3, -0.25) is 0 Å². The average Bonchev–Trinajstić information content (AvgIpc) is 3.51. The smallest absolute Gasteiger partial charge is 0.347 e. The Morgan fingerprint density at radius 2 is 1.92 bits per heavy atom. The number of hydrogen-bond donors (Lipinski definition) is 0. The molecule has 26 heavy (non-hydrogen) atoms. The Balaban J connectivity index is 1.77. The fourth-order valence-electron chi connectivity index (χ4n) is 2.75. The van der Waals surface area contributed by atoms with Crippen molar-refractivity contribution < 1.29 is 32.2 Å². The number of carbonyl (C=O) groups excluding carboxylic acids is 2. The SMILES string of the molecule is COC(=O)[C@H](OC(=O)c1cccc(S(=O)(=O)N2CCOCC2)c1)C1CC1. The molecule has 0 spiro atoms. The van der Waals surface area contributed by atoms with Gasteiger partial charge in [-0.05, 0) is 31.0 Å². The first-order valence-corrected chi connectivity index (χ1v) is 9.84. The summed E-state index contributed by atoms with van der Waals surface area (Å²) >= 11 is 0. The summed E-state index contributed by atoms with van der Waals surface area (Å²) in [6.45, 7) is 1.21. The molecule has 142 valence electrons. The lowest BCUT2D eigenvalue weighted by Gasteiger charge is -2.26. The first-order valence-electron chi connectivity index (χ1n) is 8.40. The lowest BCUT2D eigenvalue weighted by molar-refractivity contribution is -0.152. The van der Waals surface area contributed by atoms with E-state index in [1.54, 1.807) is 0 Å². The van der Waals surface area contributed by atoms with Crippen LogP contribution in [0.15, 0.2) is 29.2 Å². The topological polar surface area (TPSA) is 99.2 Å². The second kappa shape index (κ2) is 7.73. The zero-order valence-electron chi connectivity index (χ0n) is 14.4. The van der Waals surface area contributed by atoms with Crippen molar-refractivity contribution in [3.63, 3.8) is 0 Å². The first-order chi connectivity index (χ1) is 12.4. The molecule has 0 bridgehead atoms. The van der Waals surface area contributed by atoms with Gasteiger partial charge in [0.1, 0.15) is 0 Å². The predicted molar refractivity (Wildman–Crippen MR) is 90.0 cm³/mol. The fourth-order valence-corrected chi connectivity index (χ4v) is 4.21. The molecule has 0 N–H and O–H groups in total. The van der Waals surface area contributed by atoms with E-state index < -0.39 is 28.1 Å². The highest BCUT2D eigenvalue weighted by atomic mass is 32.2. The van der Waals surface area contributed by atoms with Gasteiger partial charge in [0.2, 0.25) is 16.1 Å². The number of hydrogen-bond acceptors (Lipinski definition) is 7. The molecule has 9 heteroatoms. The van der Waals surface area contributed by atoms with E-state index in [4.69, 9.17) is 9.47 Å². The number of benzene rings is 1. The molecule has 1 aliphatic heterocycles. The van der Waals surface area contributed by atoms with Crippen molar-refractivity contribution in [3.05, 3.63) is 29.8 Å². The minimum Gasteiger partial charge on any atom is -0.466 e. The monoisotopic (exact) mass is 383 g/mol. The lowest BCUT2D eigenvalue weighted by atomic mass is 10.2. The quantitative estimate of drug-likeness (QED) is 0.671. The van der Waals surface area contributed by atoms with Gasteiger partial charge >= 0.3 is 11.9 Å². The van der Waals surface area contributed by atoms with Gasteiger partial charge in [0.15, 0.2) is 0 Å². The van der Waals surface area contributed by atoms with Gasteiger partial charge in [-0.2, -0.15) is 4.31 Å². The number of esters is 2. The number of ether oxygens (including phenoxy) is 3. The van der Waals surface area contributed by atoms with Crippen molar-refractivity contribution in [2.24, 2.45) is 5.92 Å². The van der Waals surface area contributed by atoms with Crippen LogP contribution in [0.3, 0.4) is 0 Å². The summed E-state index contributed by atoms with van der Waals surface area (Å²) in [5, 5.41) is 0. The van der Waals surface area contributed by atoms with Gasteiger partial charge in [-0.1, -0.05) is 6.07 Å². The largest absolute Gasteiger partial charge is 0.466 e. The zero-order valence-corrected chi connectivity index (χ0v) is 15.2. The van der Waals surface area contributed by atoms with E-state index in [9.17, 15) is 18.0 Å². The molecule has 2 aliphatic rings. The molecule has 1 atom stereocenters. The highest BCUT2D eigenvalue weighted by Gasteiger charge is 2.40. The van der Waals surface area contributed by atoms with Gasteiger partial charge in [0.05, 0.1) is 30.8 Å². The molecular formula is C17H21NO7S. The van der Waals surface area contributed by atoms with Crippen molar-refractivity contribution in [3.8, 4) is 0 Å². The van der Waals surface area contributed by atoms with E-state index in [2.05, 4.69) is 4.74 Å². The molecule has 1 saturated heterocycles. The Labute approximate surface area is 152 Å². The van der Waals surface area contributed by atoms with Gasteiger partial charge in [-0.25, -0.2) is 18.0 Å². The van der Waals surface area contributed by atoms with Crippen LogP contribution in [0, 0.1) is 5.92 Å². The normalized spacial score (nSPS) is 19.6. The van der Waals surface area contributed by atoms with Crippen molar-refractivity contribution in [2.45, 2.75) is 23.8 Å². The summed E-state index contributed by atoms with van der Waals surface area (Å²) in [6, 6.07) is 5.64. The van der Waals surface area contributed by atoms with Crippen molar-refractivity contribution in [2.75, 3.05) is 33.4 Å². The maximum absolute atomic E-state index is 12.7. The highest BCUT2D eigenvalue weighted by molar-refractivity contribution is 7.89. The van der Waals surface area contributed by atoms with E-state index in [-0.39, 0.29) is 29.5 Å². The summed E-state index contributed by atoms with van der Waals surface area (Å²) in [6.07, 6.45) is 0.629. The number of sulfonamides is 1. The minimum atomic E-state index is -3.72. The van der Waals surface area contributed by atoms with Crippen LogP contribution in [-0.4, -0.2) is 64.2 Å². The van der Waals surface area contributed by atoms with E-state index in [0.717, 1.165) is 12.8 Å². The van der Waals surface area contributed by atoms with Crippen LogP contribution < -0.4 is 0 Å². The molecule has 1 aromatic carbocycles. The summed E-state index contributed by atoms with van der Waals surface area (Å²) < 4.78 is 41.9. The zero-order chi connectivity index (χ0) is 18.7. The molecule has 0 amide bonds. The lowest BCUT2D eigenvalue weighted by Crippen LogP contribution is -2.40. The Morgan fingerprint density at radius 3 is 2.54 bits per heavy atom. The van der Waals surface area contributed by atoms with Crippen LogP contribution in [0.2, 0.25) is 0 Å². The molecule has 1 saturated carbocycles. The molecule has 1 heterocycles. The summed E-state index contributed by atoms with van der Waals surface area (Å²) in [4.78, 5) is 24.2. The molecule has 3 rings (SSSR count). The number of rotatable bonds is 6. The van der Waals surface area contributed by atoms with Crippen LogP contribution in [0.25, 0.3) is 0 Å². The van der Waals surface area contributed by atoms with Crippen LogP contribution in [-0.2, 0) is 29.0 Å². The second-order valence-corrected chi connectivity index (χ2v) is 8.17. The Morgan fingerprint density at radius 1 is 1.23 bits per heavy atom. The third-order valence-corrected chi connectivity index (χ3v) is 6.29. The van der Waals surface area contributed by atoms with Crippen molar-refractivity contribution in [1.82, 2.24) is 4.31 Å². The van der Waals surface area contributed by atoms with Crippen molar-refractivity contribution in [1.29, 1.82) is 0 Å². The standard InChI is InChI=1S/C17H21NO7S/c1-23-17(20)15(12-5-6-12)25-16(19)13-3-2-4-14(11-13)26(21,22)18-7-9-24-10-8-18/h2-4,11-12,15H,5-10H2,1H3/t15-/m1/s1. The van der Waals surface area contributed by atoms with Gasteiger partial charge in [0.25, 0.3) is 0 Å². The summed E-state index contributed by atoms with van der Waals surface area (Å²) in [5.74, 6) is -1.38. The predicted octanol–water partition coefficient (Wildman–Crippen LogP) is 0.816. The highest BCUT2D eigenvalue weighted by Crippen LogP contribution is 2.35. The third kappa shape index (κ3) is 4.05. The number of methoxy groups -OCH3 is 1. The molecule has 2 fully saturated rings. The van der Waals surface area contributed by atoms with Crippen LogP contribution in [0.4, 0.5) is 0 Å². The summed E-state index contributed by atoms with van der Waals surface area (Å²) in [7, 11) is -2.48. The average molecular weight is 383 g/mol. The number of carbonyl (C=O) groups is 2. The second-order valence-electron chi connectivity index (χ2n) is 6.23. The van der Waals surface area contributed by atoms with Gasteiger partial charge in [-0.15, -0.1) is 0 Å². The number of nitrogens with zero attached hydrogens (tertiary/aromatic N) is 1. The molecule has 8 nitrogen and oxygen atoms in total.